The summed E-state index contributed by atoms with van der Waals surface area (Å²) < 4.78 is 1.86. The van der Waals surface area contributed by atoms with E-state index in [2.05, 4.69) is 64.3 Å². The Morgan fingerprint density at radius 3 is 2.11 bits per heavy atom. The molecule has 0 spiro atoms. The van der Waals surface area contributed by atoms with Gasteiger partial charge in [0.2, 0.25) is 0 Å². The van der Waals surface area contributed by atoms with E-state index in [9.17, 15) is 4.79 Å². The highest BCUT2D eigenvalue weighted by atomic mass is 16.2. The Hall–Kier alpha value is -3.08. The molecule has 0 unspecified atom stereocenters. The molecule has 2 aromatic carbocycles. The van der Waals surface area contributed by atoms with Gasteiger partial charge in [0.1, 0.15) is 0 Å². The molecule has 2 amide bonds. The Labute approximate surface area is 160 Å². The van der Waals surface area contributed by atoms with E-state index in [1.54, 1.807) is 6.20 Å². The van der Waals surface area contributed by atoms with E-state index >= 15 is 0 Å². The number of benzene rings is 2. The van der Waals surface area contributed by atoms with Gasteiger partial charge in [-0.05, 0) is 30.0 Å². The van der Waals surface area contributed by atoms with Crippen LogP contribution in [0.1, 0.15) is 29.9 Å². The van der Waals surface area contributed by atoms with Crippen LogP contribution in [0.15, 0.2) is 79.1 Å². The van der Waals surface area contributed by atoms with Gasteiger partial charge in [0.25, 0.3) is 0 Å². The predicted molar refractivity (Wildman–Crippen MR) is 108 cm³/mol. The van der Waals surface area contributed by atoms with E-state index in [1.807, 2.05) is 29.1 Å². The van der Waals surface area contributed by atoms with Crippen LogP contribution >= 0.6 is 0 Å². The van der Waals surface area contributed by atoms with Crippen LogP contribution in [0.5, 0.6) is 0 Å². The summed E-state index contributed by atoms with van der Waals surface area (Å²) in [5.74, 6) is 0.271. The average molecular weight is 362 g/mol. The first kappa shape index (κ1) is 18.7. The van der Waals surface area contributed by atoms with Gasteiger partial charge < -0.3 is 10.6 Å². The fraction of sp³-hybridized carbons (Fsp3) is 0.273. The third kappa shape index (κ3) is 5.99. The van der Waals surface area contributed by atoms with Crippen molar-refractivity contribution in [3.63, 3.8) is 0 Å². The number of rotatable bonds is 9. The minimum atomic E-state index is -0.115. The molecule has 3 aromatic rings. The van der Waals surface area contributed by atoms with Gasteiger partial charge in [-0.1, -0.05) is 60.7 Å². The number of urea groups is 1. The van der Waals surface area contributed by atoms with Crippen LogP contribution < -0.4 is 10.6 Å². The molecule has 5 heteroatoms. The van der Waals surface area contributed by atoms with Gasteiger partial charge in [-0.25, -0.2) is 4.79 Å². The van der Waals surface area contributed by atoms with Crippen LogP contribution in [0.3, 0.4) is 0 Å². The fourth-order valence-corrected chi connectivity index (χ4v) is 3.16. The number of hydrogen-bond donors (Lipinski definition) is 2. The molecule has 27 heavy (non-hydrogen) atoms. The minimum Gasteiger partial charge on any atom is -0.338 e. The largest absolute Gasteiger partial charge is 0.338 e. The molecule has 0 bridgehead atoms. The molecule has 0 aliphatic rings. The molecule has 0 fully saturated rings. The summed E-state index contributed by atoms with van der Waals surface area (Å²) in [4.78, 5) is 12.0. The minimum absolute atomic E-state index is 0.115. The molecule has 0 saturated carbocycles. The summed E-state index contributed by atoms with van der Waals surface area (Å²) in [5.41, 5.74) is 2.54. The lowest BCUT2D eigenvalue weighted by Gasteiger charge is -2.18. The van der Waals surface area contributed by atoms with Crippen molar-refractivity contribution in [1.29, 1.82) is 0 Å². The molecular formula is C22H26N4O. The third-order valence-electron chi connectivity index (χ3n) is 4.53. The van der Waals surface area contributed by atoms with Crippen molar-refractivity contribution in [3.8, 4) is 0 Å². The maximum atomic E-state index is 12.0. The number of aryl methyl sites for hydroxylation is 1. The highest BCUT2D eigenvalue weighted by Gasteiger charge is 2.13. The lowest BCUT2D eigenvalue weighted by molar-refractivity contribution is 0.240. The Balaban J connectivity index is 1.44. The van der Waals surface area contributed by atoms with Crippen LogP contribution in [0.2, 0.25) is 0 Å². The Morgan fingerprint density at radius 2 is 1.52 bits per heavy atom. The van der Waals surface area contributed by atoms with E-state index in [0.717, 1.165) is 19.4 Å². The second-order valence-electron chi connectivity index (χ2n) is 6.47. The molecule has 0 atom stereocenters. The third-order valence-corrected chi connectivity index (χ3v) is 4.53. The molecule has 140 valence electrons. The summed E-state index contributed by atoms with van der Waals surface area (Å²) in [6.45, 7) is 2.06. The van der Waals surface area contributed by atoms with Crippen molar-refractivity contribution in [2.24, 2.45) is 0 Å². The Kier molecular flexibility index (Phi) is 7.04. The molecule has 0 aliphatic carbocycles. The van der Waals surface area contributed by atoms with Gasteiger partial charge in [-0.2, -0.15) is 5.10 Å². The highest BCUT2D eigenvalue weighted by molar-refractivity contribution is 5.73. The van der Waals surface area contributed by atoms with E-state index in [-0.39, 0.29) is 11.9 Å². The number of nitrogens with zero attached hydrogens (tertiary/aromatic N) is 2. The normalized spacial score (nSPS) is 10.7. The van der Waals surface area contributed by atoms with Gasteiger partial charge in [-0.3, -0.25) is 4.68 Å². The lowest BCUT2D eigenvalue weighted by Crippen LogP contribution is -2.37. The van der Waals surface area contributed by atoms with Crippen molar-refractivity contribution in [2.75, 3.05) is 13.1 Å². The number of hydrogen-bond acceptors (Lipinski definition) is 2. The second-order valence-corrected chi connectivity index (χ2v) is 6.47. The molecule has 1 aromatic heterocycles. The van der Waals surface area contributed by atoms with Gasteiger partial charge in [0.15, 0.2) is 0 Å². The first-order valence-corrected chi connectivity index (χ1v) is 9.42. The van der Waals surface area contributed by atoms with E-state index < -0.39 is 0 Å². The Bertz CT molecular complexity index is 748. The number of carbonyl (C=O) groups is 1. The van der Waals surface area contributed by atoms with Gasteiger partial charge in [-0.15, -0.1) is 0 Å². The maximum Gasteiger partial charge on any atom is 0.314 e. The molecule has 0 saturated heterocycles. The van der Waals surface area contributed by atoms with Crippen LogP contribution in [-0.2, 0) is 6.54 Å². The smallest absolute Gasteiger partial charge is 0.314 e. The Morgan fingerprint density at radius 1 is 0.889 bits per heavy atom. The van der Waals surface area contributed by atoms with E-state index in [0.29, 0.717) is 13.1 Å². The lowest BCUT2D eigenvalue weighted by atomic mass is 9.88. The quantitative estimate of drug-likeness (QED) is 0.569. The van der Waals surface area contributed by atoms with Crippen LogP contribution in [-0.4, -0.2) is 28.9 Å². The molecular weight excluding hydrogens is 336 g/mol. The fourth-order valence-electron chi connectivity index (χ4n) is 3.16. The SMILES string of the molecule is O=C(NCCCn1cccn1)NCCC(c1ccccc1)c1ccccc1. The zero-order chi connectivity index (χ0) is 18.7. The second kappa shape index (κ2) is 10.2. The monoisotopic (exact) mass is 362 g/mol. The predicted octanol–water partition coefficient (Wildman–Crippen LogP) is 3.79. The summed E-state index contributed by atoms with van der Waals surface area (Å²) in [6.07, 6.45) is 5.39. The standard InChI is InChI=1S/C22H26N4O/c27-22(23-14-7-17-26-18-8-15-25-26)24-16-13-21(19-9-3-1-4-10-19)20-11-5-2-6-12-20/h1-6,8-12,15,18,21H,7,13-14,16-17H2,(H2,23,24,27). The number of nitrogens with one attached hydrogen (secondary N) is 2. The van der Waals surface area contributed by atoms with Crippen molar-refractivity contribution in [2.45, 2.75) is 25.3 Å². The topological polar surface area (TPSA) is 59.0 Å². The van der Waals surface area contributed by atoms with Crippen LogP contribution in [0, 0.1) is 0 Å². The number of aromatic nitrogens is 2. The number of amides is 2. The van der Waals surface area contributed by atoms with Crippen molar-refractivity contribution in [3.05, 3.63) is 90.3 Å². The molecule has 1 heterocycles. The summed E-state index contributed by atoms with van der Waals surface area (Å²) in [7, 11) is 0. The van der Waals surface area contributed by atoms with Crippen molar-refractivity contribution >= 4 is 6.03 Å². The van der Waals surface area contributed by atoms with Gasteiger partial charge >= 0.3 is 6.03 Å². The van der Waals surface area contributed by atoms with Crippen molar-refractivity contribution in [1.82, 2.24) is 20.4 Å². The van der Waals surface area contributed by atoms with E-state index in [4.69, 9.17) is 0 Å². The first-order valence-electron chi connectivity index (χ1n) is 9.42. The molecule has 3 rings (SSSR count). The summed E-state index contributed by atoms with van der Waals surface area (Å²) in [5, 5.41) is 10.0. The summed E-state index contributed by atoms with van der Waals surface area (Å²) in [6, 6.07) is 22.7. The maximum absolute atomic E-state index is 12.0. The van der Waals surface area contributed by atoms with Gasteiger partial charge in [0.05, 0.1) is 0 Å². The zero-order valence-electron chi connectivity index (χ0n) is 15.4. The van der Waals surface area contributed by atoms with Crippen LogP contribution in [0.4, 0.5) is 4.79 Å². The molecule has 0 radical (unpaired) electrons. The average Bonchev–Trinajstić information content (AvgIpc) is 3.23. The van der Waals surface area contributed by atoms with E-state index in [1.165, 1.54) is 11.1 Å². The summed E-state index contributed by atoms with van der Waals surface area (Å²) >= 11 is 0. The molecule has 0 aliphatic heterocycles. The molecule has 5 nitrogen and oxygen atoms in total. The van der Waals surface area contributed by atoms with Crippen LogP contribution in [0.25, 0.3) is 0 Å². The molecule has 2 N–H and O–H groups in total. The van der Waals surface area contributed by atoms with Crippen molar-refractivity contribution < 1.29 is 4.79 Å². The highest BCUT2D eigenvalue weighted by Crippen LogP contribution is 2.27. The zero-order valence-corrected chi connectivity index (χ0v) is 15.4. The van der Waals surface area contributed by atoms with Gasteiger partial charge in [0, 0.05) is 37.9 Å². The first-order chi connectivity index (χ1) is 13.3. The number of carbonyl (C=O) groups excluding carboxylic acids is 1.